The zero-order chi connectivity index (χ0) is 18.4. The van der Waals surface area contributed by atoms with E-state index in [1.165, 1.54) is 103 Å². The number of hydrogen-bond donors (Lipinski definition) is 0. The van der Waals surface area contributed by atoms with Gasteiger partial charge in [0.05, 0.1) is 0 Å². The first-order valence-corrected chi connectivity index (χ1v) is 11.6. The highest BCUT2D eigenvalue weighted by molar-refractivity contribution is 4.51. The molecule has 26 heavy (non-hydrogen) atoms. The maximum atomic E-state index is 5.97. The van der Waals surface area contributed by atoms with Crippen LogP contribution in [-0.4, -0.2) is 25.0 Å². The van der Waals surface area contributed by atoms with Gasteiger partial charge in [-0.05, 0) is 26.2 Å². The smallest absolute Gasteiger partial charge is 0.157 e. The normalized spacial score (nSPS) is 12.1. The lowest BCUT2D eigenvalue weighted by Crippen LogP contribution is -2.18. The second-order valence-electron chi connectivity index (χ2n) is 7.49. The Hall–Kier alpha value is -0.120. The van der Waals surface area contributed by atoms with E-state index in [1.807, 2.05) is 0 Å². The highest BCUT2D eigenvalue weighted by atomic mass is 16.7. The van der Waals surface area contributed by atoms with Crippen molar-refractivity contribution in [2.24, 2.45) is 0 Å². The molecule has 0 amide bonds. The van der Waals surface area contributed by atoms with Gasteiger partial charge in [0.2, 0.25) is 0 Å². The van der Waals surface area contributed by atoms with E-state index in [0.29, 0.717) is 0 Å². The fourth-order valence-corrected chi connectivity index (χ4v) is 3.30. The quantitative estimate of drug-likeness (QED) is 0.157. The summed E-state index contributed by atoms with van der Waals surface area (Å²) in [6, 6.07) is 0. The Kier molecular flexibility index (Phi) is 26.9. The van der Waals surface area contributed by atoms with Crippen LogP contribution in [0.25, 0.3) is 0 Å². The first kappa shape index (κ1) is 28.1. The fourth-order valence-electron chi connectivity index (χ4n) is 3.30. The highest BCUT2D eigenvalue weighted by Gasteiger charge is 2.08. The summed E-state index contributed by atoms with van der Waals surface area (Å²) in [5.41, 5.74) is 0. The molecule has 0 aliphatic carbocycles. The number of ether oxygens (including phenoxy) is 2. The van der Waals surface area contributed by atoms with Gasteiger partial charge in [0.25, 0.3) is 0 Å². The summed E-state index contributed by atoms with van der Waals surface area (Å²) in [4.78, 5) is 0. The molecule has 0 radical (unpaired) electrons. The van der Waals surface area contributed by atoms with E-state index in [1.54, 1.807) is 0 Å². The Morgan fingerprint density at radius 2 is 0.923 bits per heavy atom. The minimum Gasteiger partial charge on any atom is -0.412 e. The molecule has 3 nitrogen and oxygen atoms in total. The van der Waals surface area contributed by atoms with Crippen LogP contribution in [0.5, 0.6) is 0 Å². The molecule has 0 saturated carbocycles. The van der Waals surface area contributed by atoms with Crippen LogP contribution in [0, 0.1) is 0 Å². The molecule has 0 rings (SSSR count). The lowest BCUT2D eigenvalue weighted by Gasteiger charge is -2.17. The van der Waals surface area contributed by atoms with Crippen molar-refractivity contribution < 1.29 is 14.9 Å². The molecule has 1 unspecified atom stereocenters. The summed E-state index contributed by atoms with van der Waals surface area (Å²) < 4.78 is 11.7. The molecule has 160 valence electrons. The number of rotatable bonds is 21. The van der Waals surface area contributed by atoms with E-state index in [9.17, 15) is 0 Å². The standard InChI is InChI=1S/C23H48O2.H2O/c1-4-7-9-11-13-15-17-19-21-23(24-6-3)25-22-20-18-16-14-12-10-8-5-2;/h23H,4-22H2,1-3H3;1H2. The SMILES string of the molecule is CCCCCCCCCCOC(CCCCCCCCCC)OCC.O. The number of hydrogen-bond acceptors (Lipinski definition) is 2. The minimum absolute atomic E-state index is 0. The van der Waals surface area contributed by atoms with Gasteiger partial charge in [-0.1, -0.05) is 104 Å². The predicted octanol–water partition coefficient (Wildman–Crippen LogP) is 7.21. The van der Waals surface area contributed by atoms with Crippen molar-refractivity contribution in [3.63, 3.8) is 0 Å². The molecule has 2 N–H and O–H groups in total. The van der Waals surface area contributed by atoms with E-state index in [-0.39, 0.29) is 11.8 Å². The van der Waals surface area contributed by atoms with Crippen molar-refractivity contribution in [2.45, 2.75) is 136 Å². The number of unbranched alkanes of at least 4 members (excludes halogenated alkanes) is 14. The van der Waals surface area contributed by atoms with Crippen LogP contribution < -0.4 is 0 Å². The van der Waals surface area contributed by atoms with Crippen LogP contribution in [0.4, 0.5) is 0 Å². The summed E-state index contributed by atoms with van der Waals surface area (Å²) in [7, 11) is 0. The van der Waals surface area contributed by atoms with Gasteiger partial charge in [0.15, 0.2) is 6.29 Å². The first-order valence-electron chi connectivity index (χ1n) is 11.6. The molecule has 0 bridgehead atoms. The molecule has 0 aliphatic heterocycles. The van der Waals surface area contributed by atoms with E-state index < -0.39 is 0 Å². The van der Waals surface area contributed by atoms with Crippen LogP contribution in [0.15, 0.2) is 0 Å². The fraction of sp³-hybridized carbons (Fsp3) is 1.00. The lowest BCUT2D eigenvalue weighted by molar-refractivity contribution is -0.144. The van der Waals surface area contributed by atoms with Crippen molar-refractivity contribution in [3.8, 4) is 0 Å². The van der Waals surface area contributed by atoms with E-state index in [2.05, 4.69) is 20.8 Å². The Bertz CT molecular complexity index is 233. The Morgan fingerprint density at radius 3 is 1.38 bits per heavy atom. The van der Waals surface area contributed by atoms with Crippen molar-refractivity contribution in [3.05, 3.63) is 0 Å². The highest BCUT2D eigenvalue weighted by Crippen LogP contribution is 2.14. The van der Waals surface area contributed by atoms with Gasteiger partial charge in [-0.15, -0.1) is 0 Å². The summed E-state index contributed by atoms with van der Waals surface area (Å²) >= 11 is 0. The van der Waals surface area contributed by atoms with Gasteiger partial charge >= 0.3 is 0 Å². The van der Waals surface area contributed by atoms with Gasteiger partial charge in [0.1, 0.15) is 0 Å². The van der Waals surface area contributed by atoms with Crippen molar-refractivity contribution in [1.82, 2.24) is 0 Å². The third-order valence-electron chi connectivity index (χ3n) is 4.95. The minimum atomic E-state index is 0. The molecule has 0 heterocycles. The zero-order valence-electron chi connectivity index (χ0n) is 18.3. The molecule has 0 saturated heterocycles. The van der Waals surface area contributed by atoms with Crippen LogP contribution in [0.2, 0.25) is 0 Å². The van der Waals surface area contributed by atoms with Gasteiger partial charge in [-0.25, -0.2) is 0 Å². The second kappa shape index (κ2) is 24.9. The average Bonchev–Trinajstić information content (AvgIpc) is 2.62. The summed E-state index contributed by atoms with van der Waals surface area (Å²) in [5, 5.41) is 0. The third-order valence-corrected chi connectivity index (χ3v) is 4.95. The second-order valence-corrected chi connectivity index (χ2v) is 7.49. The zero-order valence-corrected chi connectivity index (χ0v) is 18.3. The van der Waals surface area contributed by atoms with E-state index >= 15 is 0 Å². The van der Waals surface area contributed by atoms with Crippen LogP contribution >= 0.6 is 0 Å². The largest absolute Gasteiger partial charge is 0.412 e. The molecular weight excluding hydrogens is 324 g/mol. The van der Waals surface area contributed by atoms with Crippen molar-refractivity contribution >= 4 is 0 Å². The summed E-state index contributed by atoms with van der Waals surface area (Å²) in [6.07, 6.45) is 22.9. The molecule has 0 spiro atoms. The Morgan fingerprint density at radius 1 is 0.500 bits per heavy atom. The van der Waals surface area contributed by atoms with Crippen LogP contribution in [-0.2, 0) is 9.47 Å². The molecule has 3 heteroatoms. The topological polar surface area (TPSA) is 50.0 Å². The molecule has 1 atom stereocenters. The molecular formula is C23H50O3. The van der Waals surface area contributed by atoms with Crippen LogP contribution in [0.3, 0.4) is 0 Å². The predicted molar refractivity (Wildman–Crippen MR) is 115 cm³/mol. The van der Waals surface area contributed by atoms with Crippen molar-refractivity contribution in [2.75, 3.05) is 13.2 Å². The summed E-state index contributed by atoms with van der Waals surface area (Å²) in [6.45, 7) is 8.26. The maximum Gasteiger partial charge on any atom is 0.157 e. The monoisotopic (exact) mass is 374 g/mol. The van der Waals surface area contributed by atoms with Gasteiger partial charge < -0.3 is 14.9 Å². The molecule has 0 aromatic carbocycles. The molecule has 0 aliphatic rings. The maximum absolute atomic E-state index is 5.97. The van der Waals surface area contributed by atoms with Gasteiger partial charge in [-0.2, -0.15) is 0 Å². The average molecular weight is 375 g/mol. The first-order chi connectivity index (χ1) is 12.3. The lowest BCUT2D eigenvalue weighted by atomic mass is 10.1. The molecule has 0 aromatic rings. The molecule has 0 fully saturated rings. The van der Waals surface area contributed by atoms with E-state index in [0.717, 1.165) is 19.6 Å². The third kappa shape index (κ3) is 21.9. The molecule has 0 aromatic heterocycles. The Labute approximate surface area is 164 Å². The van der Waals surface area contributed by atoms with Crippen molar-refractivity contribution in [1.29, 1.82) is 0 Å². The Balaban J connectivity index is 0. The van der Waals surface area contributed by atoms with E-state index in [4.69, 9.17) is 9.47 Å². The van der Waals surface area contributed by atoms with Crippen LogP contribution in [0.1, 0.15) is 130 Å². The van der Waals surface area contributed by atoms with Gasteiger partial charge in [-0.3, -0.25) is 0 Å². The summed E-state index contributed by atoms with van der Waals surface area (Å²) in [5.74, 6) is 0. The van der Waals surface area contributed by atoms with Gasteiger partial charge in [0, 0.05) is 13.2 Å².